The van der Waals surface area contributed by atoms with Crippen LogP contribution >= 0.6 is 0 Å². The summed E-state index contributed by atoms with van der Waals surface area (Å²) in [7, 11) is 0. The van der Waals surface area contributed by atoms with Crippen LogP contribution in [0.3, 0.4) is 0 Å². The molecule has 19 heavy (non-hydrogen) atoms. The number of carbonyl (C=O) groups is 3. The fraction of sp³-hybridized carbons (Fsp3) is 0.769. The number of carboxylic acid groups (broad SMARTS) is 1. The number of fused-ring (bicyclic) bond motifs is 2. The average molecular weight is 267 g/mol. The van der Waals surface area contributed by atoms with Crippen molar-refractivity contribution in [3.8, 4) is 0 Å². The number of carbonyl (C=O) groups excluding carboxylic acids is 2. The lowest BCUT2D eigenvalue weighted by Gasteiger charge is -2.45. The Kier molecular flexibility index (Phi) is 2.85. The fourth-order valence-corrected chi connectivity index (χ4v) is 3.34. The molecule has 2 atom stereocenters. The Morgan fingerprint density at radius 3 is 2.26 bits per heavy atom. The molecule has 1 aliphatic carbocycles. The molecule has 0 radical (unpaired) electrons. The van der Waals surface area contributed by atoms with Gasteiger partial charge in [0.05, 0.1) is 6.42 Å². The zero-order valence-electron chi connectivity index (χ0n) is 10.6. The second kappa shape index (κ2) is 4.30. The van der Waals surface area contributed by atoms with Crippen molar-refractivity contribution in [1.82, 2.24) is 4.90 Å². The predicted octanol–water partition coefficient (Wildman–Crippen LogP) is 0.548. The van der Waals surface area contributed by atoms with Crippen molar-refractivity contribution in [2.24, 2.45) is 5.41 Å². The first-order valence-electron chi connectivity index (χ1n) is 6.73. The number of hydrogen-bond donors (Lipinski definition) is 1. The molecular formula is C13H17NO5. The number of ether oxygens (including phenoxy) is 1. The highest BCUT2D eigenvalue weighted by molar-refractivity contribution is 6.02. The zero-order chi connectivity index (χ0) is 13.6. The Morgan fingerprint density at radius 1 is 1.26 bits per heavy atom. The third kappa shape index (κ3) is 2.04. The van der Waals surface area contributed by atoms with Gasteiger partial charge in [-0.15, -0.1) is 0 Å². The number of nitrogens with zero attached hydrogens (tertiary/aromatic N) is 1. The Hall–Kier alpha value is -1.43. The van der Waals surface area contributed by atoms with Gasteiger partial charge in [0.15, 0.2) is 0 Å². The summed E-state index contributed by atoms with van der Waals surface area (Å²) in [4.78, 5) is 36.5. The number of amides is 2. The molecular weight excluding hydrogens is 250 g/mol. The Morgan fingerprint density at radius 2 is 1.84 bits per heavy atom. The van der Waals surface area contributed by atoms with E-state index in [1.807, 2.05) is 0 Å². The number of likely N-dealkylation sites (tertiary alicyclic amines) is 1. The molecule has 2 saturated heterocycles. The van der Waals surface area contributed by atoms with Gasteiger partial charge >= 0.3 is 5.97 Å². The minimum Gasteiger partial charge on any atom is -0.481 e. The largest absolute Gasteiger partial charge is 0.481 e. The lowest BCUT2D eigenvalue weighted by atomic mass is 9.66. The van der Waals surface area contributed by atoms with Gasteiger partial charge in [-0.05, 0) is 31.1 Å². The first-order chi connectivity index (χ1) is 9.01. The Balaban J connectivity index is 1.76. The molecule has 2 amide bonds. The summed E-state index contributed by atoms with van der Waals surface area (Å²) in [6.07, 6.45) is 2.73. The van der Waals surface area contributed by atoms with Gasteiger partial charge in [-0.25, -0.2) is 0 Å². The summed E-state index contributed by atoms with van der Waals surface area (Å²) in [6.45, 7) is 0.243. The summed E-state index contributed by atoms with van der Waals surface area (Å²) in [5.74, 6) is -1.43. The topological polar surface area (TPSA) is 83.9 Å². The van der Waals surface area contributed by atoms with Crippen LogP contribution in [-0.4, -0.2) is 46.5 Å². The summed E-state index contributed by atoms with van der Waals surface area (Å²) in [6, 6.07) is 0. The maximum atomic E-state index is 12.1. The van der Waals surface area contributed by atoms with Gasteiger partial charge in [0.1, 0.15) is 12.2 Å². The number of hydrogen-bond acceptors (Lipinski definition) is 4. The van der Waals surface area contributed by atoms with Crippen molar-refractivity contribution in [2.75, 3.05) is 6.54 Å². The molecule has 2 unspecified atom stereocenters. The van der Waals surface area contributed by atoms with Crippen molar-refractivity contribution in [3.63, 3.8) is 0 Å². The highest BCUT2D eigenvalue weighted by atomic mass is 16.5. The number of morpholine rings is 1. The van der Waals surface area contributed by atoms with Gasteiger partial charge in [0.25, 0.3) is 11.8 Å². The molecule has 6 nitrogen and oxygen atoms in total. The summed E-state index contributed by atoms with van der Waals surface area (Å²) in [5, 5.41) is 8.98. The first kappa shape index (κ1) is 12.6. The van der Waals surface area contributed by atoms with E-state index in [1.165, 1.54) is 4.90 Å². The normalized spacial score (nSPS) is 32.3. The molecule has 3 fully saturated rings. The third-order valence-corrected chi connectivity index (χ3v) is 4.54. The van der Waals surface area contributed by atoms with Crippen LogP contribution in [0.5, 0.6) is 0 Å². The smallest absolute Gasteiger partial charge is 0.303 e. The molecule has 3 aliphatic rings. The van der Waals surface area contributed by atoms with E-state index in [0.717, 1.165) is 19.3 Å². The van der Waals surface area contributed by atoms with Gasteiger partial charge in [-0.3, -0.25) is 19.3 Å². The molecule has 1 saturated carbocycles. The maximum Gasteiger partial charge on any atom is 0.303 e. The third-order valence-electron chi connectivity index (χ3n) is 4.54. The molecule has 2 heterocycles. The van der Waals surface area contributed by atoms with Gasteiger partial charge in [-0.1, -0.05) is 6.42 Å². The lowest BCUT2D eigenvalue weighted by Crippen LogP contribution is -2.56. The van der Waals surface area contributed by atoms with Gasteiger partial charge in [0, 0.05) is 6.54 Å². The second-order valence-corrected chi connectivity index (χ2v) is 5.88. The fourth-order valence-electron chi connectivity index (χ4n) is 3.34. The van der Waals surface area contributed by atoms with Crippen LogP contribution in [0.15, 0.2) is 0 Å². The minimum absolute atomic E-state index is 0.0280. The van der Waals surface area contributed by atoms with Crippen LogP contribution in [0.1, 0.15) is 38.5 Å². The van der Waals surface area contributed by atoms with Crippen molar-refractivity contribution in [2.45, 2.75) is 50.7 Å². The number of aliphatic carboxylic acids is 1. The van der Waals surface area contributed by atoms with Crippen LogP contribution in [0.2, 0.25) is 0 Å². The van der Waals surface area contributed by atoms with E-state index >= 15 is 0 Å². The number of carboxylic acids is 1. The van der Waals surface area contributed by atoms with E-state index in [0.29, 0.717) is 12.8 Å². The van der Waals surface area contributed by atoms with E-state index in [2.05, 4.69) is 0 Å². The molecule has 0 spiro atoms. The highest BCUT2D eigenvalue weighted by Crippen LogP contribution is 2.45. The highest BCUT2D eigenvalue weighted by Gasteiger charge is 2.50. The standard InChI is InChI=1S/C13H17NO5/c15-10(16)6-13(4-1-5-13)7-14-11(17)8-2-3-9(19-8)12(14)18/h8-9H,1-7H2,(H,15,16). The van der Waals surface area contributed by atoms with Crippen LogP contribution in [-0.2, 0) is 19.1 Å². The van der Waals surface area contributed by atoms with Crippen molar-refractivity contribution in [3.05, 3.63) is 0 Å². The Bertz CT molecular complexity index is 420. The van der Waals surface area contributed by atoms with E-state index in [4.69, 9.17) is 9.84 Å². The molecule has 6 heteroatoms. The Labute approximate surface area is 110 Å². The van der Waals surface area contributed by atoms with Crippen molar-refractivity contribution >= 4 is 17.8 Å². The van der Waals surface area contributed by atoms with Crippen LogP contribution in [0, 0.1) is 5.41 Å². The van der Waals surface area contributed by atoms with Crippen molar-refractivity contribution in [1.29, 1.82) is 0 Å². The first-order valence-corrected chi connectivity index (χ1v) is 6.73. The SMILES string of the molecule is O=C(O)CC1(CN2C(=O)C3CCC(O3)C2=O)CCC1. The number of rotatable bonds is 4. The monoisotopic (exact) mass is 267 g/mol. The summed E-state index contributed by atoms with van der Waals surface area (Å²) < 4.78 is 5.34. The molecule has 0 aromatic rings. The average Bonchev–Trinajstić information content (AvgIpc) is 2.75. The predicted molar refractivity (Wildman–Crippen MR) is 63.2 cm³/mol. The molecule has 104 valence electrons. The van der Waals surface area contributed by atoms with E-state index < -0.39 is 23.6 Å². The van der Waals surface area contributed by atoms with Gasteiger partial charge < -0.3 is 9.84 Å². The lowest BCUT2D eigenvalue weighted by molar-refractivity contribution is -0.172. The van der Waals surface area contributed by atoms with Crippen LogP contribution < -0.4 is 0 Å². The summed E-state index contributed by atoms with van der Waals surface area (Å²) >= 11 is 0. The van der Waals surface area contributed by atoms with E-state index in [9.17, 15) is 14.4 Å². The second-order valence-electron chi connectivity index (χ2n) is 5.88. The summed E-state index contributed by atoms with van der Waals surface area (Å²) in [5.41, 5.74) is -0.409. The van der Waals surface area contributed by atoms with Gasteiger partial charge in [-0.2, -0.15) is 0 Å². The molecule has 2 aliphatic heterocycles. The quantitative estimate of drug-likeness (QED) is 0.752. The molecule has 0 aromatic carbocycles. The maximum absolute atomic E-state index is 12.1. The molecule has 1 N–H and O–H groups in total. The zero-order valence-corrected chi connectivity index (χ0v) is 10.6. The molecule has 3 rings (SSSR count). The van der Waals surface area contributed by atoms with Gasteiger partial charge in [0.2, 0.25) is 0 Å². The van der Waals surface area contributed by atoms with Crippen LogP contribution in [0.4, 0.5) is 0 Å². The molecule has 2 bridgehead atoms. The van der Waals surface area contributed by atoms with E-state index in [1.54, 1.807) is 0 Å². The van der Waals surface area contributed by atoms with E-state index in [-0.39, 0.29) is 24.8 Å². The minimum atomic E-state index is -0.865. The number of imide groups is 1. The molecule has 0 aromatic heterocycles. The van der Waals surface area contributed by atoms with Crippen molar-refractivity contribution < 1.29 is 24.2 Å². The van der Waals surface area contributed by atoms with Crippen LogP contribution in [0.25, 0.3) is 0 Å².